The fourth-order valence-corrected chi connectivity index (χ4v) is 4.44. The summed E-state index contributed by atoms with van der Waals surface area (Å²) in [6.07, 6.45) is 5.08. The molecule has 0 bridgehead atoms. The number of piperidine rings is 1. The number of fused-ring (bicyclic) bond motifs is 2. The Morgan fingerprint density at radius 1 is 1.13 bits per heavy atom. The number of likely N-dealkylation sites (tertiary alicyclic amines) is 1. The van der Waals surface area contributed by atoms with Crippen LogP contribution in [0.2, 0.25) is 0 Å². The van der Waals surface area contributed by atoms with Crippen LogP contribution < -0.4 is 15.3 Å². The molecule has 1 aromatic carbocycles. The predicted octanol–water partition coefficient (Wildman–Crippen LogP) is 2.83. The maximum atomic E-state index is 13.0. The van der Waals surface area contributed by atoms with Gasteiger partial charge in [-0.05, 0) is 43.5 Å². The largest absolute Gasteiger partial charge is 0.491 e. The van der Waals surface area contributed by atoms with Crippen molar-refractivity contribution < 1.29 is 9.53 Å². The van der Waals surface area contributed by atoms with Gasteiger partial charge in [-0.3, -0.25) is 9.20 Å². The highest BCUT2D eigenvalue weighted by Crippen LogP contribution is 2.38. The molecule has 1 atom stereocenters. The summed E-state index contributed by atoms with van der Waals surface area (Å²) >= 11 is 0. The highest BCUT2D eigenvalue weighted by atomic mass is 16.5. The lowest BCUT2D eigenvalue weighted by Gasteiger charge is -2.28. The maximum absolute atomic E-state index is 13.0. The zero-order valence-corrected chi connectivity index (χ0v) is 18.0. The van der Waals surface area contributed by atoms with Crippen molar-refractivity contribution in [2.75, 3.05) is 31.1 Å². The van der Waals surface area contributed by atoms with Gasteiger partial charge in [-0.25, -0.2) is 9.48 Å². The van der Waals surface area contributed by atoms with Crippen LogP contribution in [-0.2, 0) is 7.05 Å². The molecule has 0 unspecified atom stereocenters. The summed E-state index contributed by atoms with van der Waals surface area (Å²) < 4.78 is 8.98. The Morgan fingerprint density at radius 2 is 1.94 bits per heavy atom. The van der Waals surface area contributed by atoms with E-state index in [4.69, 9.17) is 4.74 Å². The van der Waals surface area contributed by atoms with Crippen LogP contribution in [0.1, 0.15) is 36.5 Å². The zero-order chi connectivity index (χ0) is 21.5. The summed E-state index contributed by atoms with van der Waals surface area (Å²) in [5.74, 6) is 1.07. The van der Waals surface area contributed by atoms with Crippen LogP contribution in [0.3, 0.4) is 0 Å². The molecular formula is C23H27N5O3. The molecule has 0 N–H and O–H groups in total. The van der Waals surface area contributed by atoms with E-state index in [2.05, 4.69) is 16.9 Å². The van der Waals surface area contributed by atoms with Gasteiger partial charge in [0, 0.05) is 56.1 Å². The first-order valence-corrected chi connectivity index (χ1v) is 10.9. The first-order valence-electron chi connectivity index (χ1n) is 10.9. The highest BCUT2D eigenvalue weighted by molar-refractivity contribution is 5.95. The van der Waals surface area contributed by atoms with Crippen molar-refractivity contribution in [1.29, 1.82) is 0 Å². The van der Waals surface area contributed by atoms with Crippen molar-refractivity contribution in [2.45, 2.75) is 26.2 Å². The van der Waals surface area contributed by atoms with Crippen molar-refractivity contribution in [3.05, 3.63) is 52.6 Å². The normalized spacial score (nSPS) is 19.1. The third-order valence-corrected chi connectivity index (χ3v) is 6.12. The summed E-state index contributed by atoms with van der Waals surface area (Å²) in [5.41, 5.74) is 2.95. The lowest BCUT2D eigenvalue weighted by atomic mass is 10.1. The van der Waals surface area contributed by atoms with Crippen molar-refractivity contribution in [1.82, 2.24) is 19.1 Å². The molecule has 2 aliphatic rings. The molecule has 162 valence electrons. The fourth-order valence-electron chi connectivity index (χ4n) is 4.44. The van der Waals surface area contributed by atoms with Crippen LogP contribution in [0.4, 0.5) is 11.4 Å². The number of anilines is 2. The van der Waals surface area contributed by atoms with E-state index in [1.807, 2.05) is 35.2 Å². The number of ether oxygens (including phenoxy) is 1. The Bertz CT molecular complexity index is 1190. The molecule has 5 rings (SSSR count). The van der Waals surface area contributed by atoms with Gasteiger partial charge in [0.05, 0.1) is 12.3 Å². The third kappa shape index (κ3) is 3.56. The van der Waals surface area contributed by atoms with E-state index in [1.54, 1.807) is 13.2 Å². The fraction of sp³-hybridized carbons (Fsp3) is 0.435. The molecule has 3 aromatic rings. The van der Waals surface area contributed by atoms with E-state index in [1.165, 1.54) is 15.5 Å². The van der Waals surface area contributed by atoms with Gasteiger partial charge in [0.25, 0.3) is 5.91 Å². The van der Waals surface area contributed by atoms with E-state index >= 15 is 0 Å². The SMILES string of the molecule is C[C@H]1COc2cc(C(=O)N3CCCCC3)ccc2N(c2ccn3c(=O)n(C)nc3c2)C1. The molecule has 4 heterocycles. The van der Waals surface area contributed by atoms with Gasteiger partial charge in [0.2, 0.25) is 0 Å². The third-order valence-electron chi connectivity index (χ3n) is 6.12. The smallest absolute Gasteiger partial charge is 0.350 e. The zero-order valence-electron chi connectivity index (χ0n) is 18.0. The van der Waals surface area contributed by atoms with Crippen molar-refractivity contribution >= 4 is 22.9 Å². The average molecular weight is 422 g/mol. The van der Waals surface area contributed by atoms with Crippen LogP contribution >= 0.6 is 0 Å². The number of nitrogens with zero attached hydrogens (tertiary/aromatic N) is 5. The number of aryl methyl sites for hydroxylation is 1. The van der Waals surface area contributed by atoms with E-state index in [9.17, 15) is 9.59 Å². The van der Waals surface area contributed by atoms with Gasteiger partial charge in [-0.15, -0.1) is 0 Å². The number of rotatable bonds is 2. The number of hydrogen-bond acceptors (Lipinski definition) is 5. The Kier molecular flexibility index (Phi) is 4.92. The number of carbonyl (C=O) groups excluding carboxylic acids is 1. The minimum absolute atomic E-state index is 0.0734. The molecule has 1 fully saturated rings. The van der Waals surface area contributed by atoms with Gasteiger partial charge in [0.1, 0.15) is 5.75 Å². The predicted molar refractivity (Wildman–Crippen MR) is 118 cm³/mol. The number of benzene rings is 1. The second-order valence-electron chi connectivity index (χ2n) is 8.58. The topological polar surface area (TPSA) is 72.1 Å². The Hall–Kier alpha value is -3.29. The number of hydrogen-bond donors (Lipinski definition) is 0. The average Bonchev–Trinajstić information content (AvgIpc) is 2.97. The number of aromatic nitrogens is 3. The summed E-state index contributed by atoms with van der Waals surface area (Å²) in [5, 5.41) is 4.31. The summed E-state index contributed by atoms with van der Waals surface area (Å²) in [6, 6.07) is 9.58. The van der Waals surface area contributed by atoms with Crippen LogP contribution in [0.15, 0.2) is 41.3 Å². The Labute approximate surface area is 180 Å². The van der Waals surface area contributed by atoms with Gasteiger partial charge in [-0.2, -0.15) is 5.10 Å². The summed E-state index contributed by atoms with van der Waals surface area (Å²) in [4.78, 5) is 29.3. The lowest BCUT2D eigenvalue weighted by Crippen LogP contribution is -2.35. The maximum Gasteiger partial charge on any atom is 0.350 e. The van der Waals surface area contributed by atoms with Gasteiger partial charge >= 0.3 is 5.69 Å². The van der Waals surface area contributed by atoms with E-state index in [0.717, 1.165) is 43.9 Å². The molecule has 1 saturated heterocycles. The highest BCUT2D eigenvalue weighted by Gasteiger charge is 2.25. The van der Waals surface area contributed by atoms with Crippen LogP contribution in [0, 0.1) is 5.92 Å². The van der Waals surface area contributed by atoms with Crippen molar-refractivity contribution in [3.8, 4) is 5.75 Å². The van der Waals surface area contributed by atoms with Gasteiger partial charge in [-0.1, -0.05) is 6.92 Å². The molecule has 1 amide bonds. The molecule has 31 heavy (non-hydrogen) atoms. The number of pyridine rings is 1. The first kappa shape index (κ1) is 19.7. The molecule has 0 spiro atoms. The Balaban J connectivity index is 1.52. The van der Waals surface area contributed by atoms with Crippen LogP contribution in [0.25, 0.3) is 5.65 Å². The first-order chi connectivity index (χ1) is 15.0. The summed E-state index contributed by atoms with van der Waals surface area (Å²) in [6.45, 7) is 5.13. The van der Waals surface area contributed by atoms with Crippen LogP contribution in [0.5, 0.6) is 5.75 Å². The van der Waals surface area contributed by atoms with Crippen molar-refractivity contribution in [3.63, 3.8) is 0 Å². The van der Waals surface area contributed by atoms with E-state index in [0.29, 0.717) is 23.6 Å². The van der Waals surface area contributed by atoms with E-state index < -0.39 is 0 Å². The second-order valence-corrected chi connectivity index (χ2v) is 8.58. The molecule has 0 aliphatic carbocycles. The quantitative estimate of drug-likeness (QED) is 0.636. The lowest BCUT2D eigenvalue weighted by molar-refractivity contribution is 0.0724. The monoisotopic (exact) mass is 421 g/mol. The standard InChI is InChI=1S/C23H27N5O3/c1-16-14-28(18-8-11-27-21(13-18)24-25(2)23(27)30)19-7-6-17(12-20(19)31-15-16)22(29)26-9-4-3-5-10-26/h6-8,11-13,16H,3-5,9-10,14-15H2,1-2H3/t16-/m1/s1. The molecule has 0 saturated carbocycles. The number of carbonyl (C=O) groups is 1. The second kappa shape index (κ2) is 7.76. The minimum atomic E-state index is -0.171. The molecule has 2 aliphatic heterocycles. The molecule has 2 aromatic heterocycles. The van der Waals surface area contributed by atoms with Crippen molar-refractivity contribution in [2.24, 2.45) is 13.0 Å². The van der Waals surface area contributed by atoms with Gasteiger partial charge in [0.15, 0.2) is 5.65 Å². The minimum Gasteiger partial charge on any atom is -0.491 e. The Morgan fingerprint density at radius 3 is 2.74 bits per heavy atom. The van der Waals surface area contributed by atoms with Crippen LogP contribution in [-0.4, -0.2) is 51.2 Å². The number of amides is 1. The molecule has 8 nitrogen and oxygen atoms in total. The summed E-state index contributed by atoms with van der Waals surface area (Å²) in [7, 11) is 1.65. The molecule has 8 heteroatoms. The van der Waals surface area contributed by atoms with E-state index in [-0.39, 0.29) is 17.5 Å². The van der Waals surface area contributed by atoms with Gasteiger partial charge < -0.3 is 14.5 Å². The molecular weight excluding hydrogens is 394 g/mol. The molecule has 0 radical (unpaired) electrons.